The van der Waals surface area contributed by atoms with Gasteiger partial charge in [-0.05, 0) is 25.5 Å². The van der Waals surface area contributed by atoms with Gasteiger partial charge in [0.05, 0.1) is 23.1 Å². The molecule has 1 N–H and O–H groups in total. The Balaban J connectivity index is 1.64. The number of benzene rings is 1. The minimum Gasteiger partial charge on any atom is -0.351 e. The molecule has 1 atom stereocenters. The molecule has 1 fully saturated rings. The first-order valence-corrected chi connectivity index (χ1v) is 9.83. The normalized spacial score (nSPS) is 19.0. The number of aryl methyl sites for hydroxylation is 1. The van der Waals surface area contributed by atoms with Crippen LogP contribution in [0.2, 0.25) is 0 Å². The molecule has 0 saturated carbocycles. The lowest BCUT2D eigenvalue weighted by Gasteiger charge is -2.12. The Morgan fingerprint density at radius 2 is 2.16 bits per heavy atom. The van der Waals surface area contributed by atoms with Crippen LogP contribution in [-0.4, -0.2) is 47.1 Å². The van der Waals surface area contributed by atoms with E-state index in [1.54, 1.807) is 17.7 Å². The maximum absolute atomic E-state index is 13.6. The fraction of sp³-hybridized carbons (Fsp3) is 0.438. The van der Waals surface area contributed by atoms with Crippen LogP contribution in [0.4, 0.5) is 4.39 Å². The lowest BCUT2D eigenvalue weighted by Crippen LogP contribution is -2.27. The highest BCUT2D eigenvalue weighted by Gasteiger charge is 2.31. The van der Waals surface area contributed by atoms with Crippen molar-refractivity contribution in [3.05, 3.63) is 47.3 Å². The van der Waals surface area contributed by atoms with E-state index in [2.05, 4.69) is 15.4 Å². The van der Waals surface area contributed by atoms with E-state index in [0.29, 0.717) is 24.5 Å². The molecular formula is C16H19FN4O3S. The van der Waals surface area contributed by atoms with E-state index in [4.69, 9.17) is 0 Å². The van der Waals surface area contributed by atoms with Crippen LogP contribution in [0, 0.1) is 12.7 Å². The first-order valence-electron chi connectivity index (χ1n) is 8.01. The van der Waals surface area contributed by atoms with Crippen LogP contribution >= 0.6 is 0 Å². The molecule has 1 aromatic heterocycles. The Morgan fingerprint density at radius 3 is 2.84 bits per heavy atom. The Hall–Kier alpha value is -2.29. The summed E-state index contributed by atoms with van der Waals surface area (Å²) in [6.45, 7) is 1.99. The molecule has 1 aromatic carbocycles. The van der Waals surface area contributed by atoms with Gasteiger partial charge in [-0.2, -0.15) is 5.10 Å². The Bertz CT molecular complexity index is 895. The lowest BCUT2D eigenvalue weighted by atomic mass is 10.2. The molecular weight excluding hydrogens is 347 g/mol. The van der Waals surface area contributed by atoms with Gasteiger partial charge in [0.25, 0.3) is 5.91 Å². The first kappa shape index (κ1) is 17.5. The first-order chi connectivity index (χ1) is 11.9. The molecule has 2 aromatic rings. The molecule has 1 aliphatic heterocycles. The molecule has 1 saturated heterocycles. The maximum Gasteiger partial charge on any atom is 0.254 e. The summed E-state index contributed by atoms with van der Waals surface area (Å²) in [4.78, 5) is 16.3. The van der Waals surface area contributed by atoms with Crippen molar-refractivity contribution in [1.29, 1.82) is 0 Å². The number of hydrogen-bond acceptors (Lipinski definition) is 5. The van der Waals surface area contributed by atoms with Crippen LogP contribution in [0.5, 0.6) is 0 Å². The molecule has 0 spiro atoms. The summed E-state index contributed by atoms with van der Waals surface area (Å²) in [5, 5.41) is 6.95. The van der Waals surface area contributed by atoms with Gasteiger partial charge < -0.3 is 5.32 Å². The molecule has 0 bridgehead atoms. The zero-order valence-electron chi connectivity index (χ0n) is 13.8. The summed E-state index contributed by atoms with van der Waals surface area (Å²) < 4.78 is 38.6. The molecule has 1 amide bonds. The Kier molecular flexibility index (Phi) is 4.85. The summed E-state index contributed by atoms with van der Waals surface area (Å²) in [6, 6.07) is 5.55. The highest BCUT2D eigenvalue weighted by molar-refractivity contribution is 7.91. The van der Waals surface area contributed by atoms with E-state index in [-0.39, 0.29) is 29.7 Å². The molecule has 0 aliphatic carbocycles. The van der Waals surface area contributed by atoms with Gasteiger partial charge >= 0.3 is 0 Å². The third-order valence-corrected chi connectivity index (χ3v) is 5.87. The quantitative estimate of drug-likeness (QED) is 0.854. The number of hydrogen-bond donors (Lipinski definition) is 1. The van der Waals surface area contributed by atoms with Crippen LogP contribution in [0.1, 0.15) is 34.5 Å². The molecule has 1 aliphatic rings. The molecule has 3 rings (SSSR count). The maximum atomic E-state index is 13.6. The molecule has 0 radical (unpaired) electrons. The second kappa shape index (κ2) is 6.91. The molecule has 9 heteroatoms. The SMILES string of the molecule is Cc1nc(CCNC(=O)c2ccccc2F)n([C@H]2CCS(=O)(=O)C2)n1. The smallest absolute Gasteiger partial charge is 0.254 e. The van der Waals surface area contributed by atoms with Crippen molar-refractivity contribution in [2.45, 2.75) is 25.8 Å². The van der Waals surface area contributed by atoms with Gasteiger partial charge in [-0.1, -0.05) is 12.1 Å². The highest BCUT2D eigenvalue weighted by atomic mass is 32.2. The lowest BCUT2D eigenvalue weighted by molar-refractivity contribution is 0.0950. The van der Waals surface area contributed by atoms with Crippen molar-refractivity contribution in [3.63, 3.8) is 0 Å². The Labute approximate surface area is 145 Å². The van der Waals surface area contributed by atoms with Gasteiger partial charge in [-0.3, -0.25) is 4.79 Å². The molecule has 0 unspecified atom stereocenters. The van der Waals surface area contributed by atoms with Gasteiger partial charge in [0.1, 0.15) is 17.5 Å². The minimum absolute atomic E-state index is 0.0120. The van der Waals surface area contributed by atoms with E-state index in [9.17, 15) is 17.6 Å². The fourth-order valence-electron chi connectivity index (χ4n) is 2.93. The predicted molar refractivity (Wildman–Crippen MR) is 89.5 cm³/mol. The van der Waals surface area contributed by atoms with Crippen molar-refractivity contribution < 1.29 is 17.6 Å². The monoisotopic (exact) mass is 366 g/mol. The van der Waals surface area contributed by atoms with Gasteiger partial charge in [-0.15, -0.1) is 0 Å². The number of carbonyl (C=O) groups is 1. The van der Waals surface area contributed by atoms with Crippen LogP contribution in [0.3, 0.4) is 0 Å². The number of nitrogens with one attached hydrogen (secondary N) is 1. The van der Waals surface area contributed by atoms with Crippen LogP contribution < -0.4 is 5.32 Å². The molecule has 25 heavy (non-hydrogen) atoms. The van der Waals surface area contributed by atoms with Gasteiger partial charge in [0, 0.05) is 13.0 Å². The summed E-state index contributed by atoms with van der Waals surface area (Å²) >= 11 is 0. The van der Waals surface area contributed by atoms with Gasteiger partial charge in [0.2, 0.25) is 0 Å². The topological polar surface area (TPSA) is 94.0 Å². The molecule has 7 nitrogen and oxygen atoms in total. The third kappa shape index (κ3) is 4.04. The van der Waals surface area contributed by atoms with Crippen LogP contribution in [-0.2, 0) is 16.3 Å². The van der Waals surface area contributed by atoms with Gasteiger partial charge in [-0.25, -0.2) is 22.5 Å². The number of rotatable bonds is 5. The summed E-state index contributed by atoms with van der Waals surface area (Å²) in [6.07, 6.45) is 0.900. The van der Waals surface area contributed by atoms with Gasteiger partial charge in [0.15, 0.2) is 9.84 Å². The van der Waals surface area contributed by atoms with E-state index in [0.717, 1.165) is 0 Å². The van der Waals surface area contributed by atoms with Crippen molar-refractivity contribution >= 4 is 15.7 Å². The number of sulfone groups is 1. The number of halogens is 1. The van der Waals surface area contributed by atoms with Crippen LogP contribution in [0.25, 0.3) is 0 Å². The zero-order chi connectivity index (χ0) is 18.0. The van der Waals surface area contributed by atoms with Crippen molar-refractivity contribution in [3.8, 4) is 0 Å². The van der Waals surface area contributed by atoms with Crippen molar-refractivity contribution in [1.82, 2.24) is 20.1 Å². The summed E-state index contributed by atoms with van der Waals surface area (Å²) in [7, 11) is -3.03. The van der Waals surface area contributed by atoms with Crippen LogP contribution in [0.15, 0.2) is 24.3 Å². The molecule has 2 heterocycles. The summed E-state index contributed by atoms with van der Waals surface area (Å²) in [5.74, 6) is 0.317. The minimum atomic E-state index is -3.03. The average molecular weight is 366 g/mol. The van der Waals surface area contributed by atoms with Crippen molar-refractivity contribution in [2.24, 2.45) is 0 Å². The van der Waals surface area contributed by atoms with E-state index < -0.39 is 21.6 Å². The Morgan fingerprint density at radius 1 is 1.40 bits per heavy atom. The average Bonchev–Trinajstić information content (AvgIpc) is 3.09. The largest absolute Gasteiger partial charge is 0.351 e. The number of carbonyl (C=O) groups excluding carboxylic acids is 1. The van der Waals surface area contributed by atoms with Crippen molar-refractivity contribution in [2.75, 3.05) is 18.1 Å². The predicted octanol–water partition coefficient (Wildman–Crippen LogP) is 1.06. The number of nitrogens with zero attached hydrogens (tertiary/aromatic N) is 3. The zero-order valence-corrected chi connectivity index (χ0v) is 14.6. The number of aromatic nitrogens is 3. The van der Waals surface area contributed by atoms with E-state index in [1.807, 2.05) is 0 Å². The third-order valence-electron chi connectivity index (χ3n) is 4.11. The molecule has 134 valence electrons. The summed E-state index contributed by atoms with van der Waals surface area (Å²) in [5.41, 5.74) is -0.0120. The highest BCUT2D eigenvalue weighted by Crippen LogP contribution is 2.24. The van der Waals surface area contributed by atoms with E-state index in [1.165, 1.54) is 18.2 Å². The standard InChI is InChI=1S/C16H19FN4O3S/c1-11-19-15(21(20-11)12-7-9-25(23,24)10-12)6-8-18-16(22)13-4-2-3-5-14(13)17/h2-5,12H,6-10H2,1H3,(H,18,22)/t12-/m0/s1. The second-order valence-corrected chi connectivity index (χ2v) is 8.29. The second-order valence-electron chi connectivity index (χ2n) is 6.06. The number of amides is 1. The van der Waals surface area contributed by atoms with E-state index >= 15 is 0 Å². The fourth-order valence-corrected chi connectivity index (χ4v) is 4.63.